The zero-order valence-electron chi connectivity index (χ0n) is 14.8. The zero-order chi connectivity index (χ0) is 19.8. The van der Waals surface area contributed by atoms with Crippen molar-refractivity contribution in [2.45, 2.75) is 6.54 Å². The first kappa shape index (κ1) is 18.1. The molecule has 0 saturated carbocycles. The highest BCUT2D eigenvalue weighted by Gasteiger charge is 2.24. The van der Waals surface area contributed by atoms with E-state index in [0.717, 1.165) is 11.1 Å². The molecule has 4 rings (SSSR count). The van der Waals surface area contributed by atoms with Crippen LogP contribution in [-0.4, -0.2) is 10.5 Å². The minimum atomic E-state index is -0.644. The molecule has 0 saturated heterocycles. The molecule has 4 nitrogen and oxygen atoms in total. The van der Waals surface area contributed by atoms with Crippen molar-refractivity contribution in [1.82, 2.24) is 4.57 Å². The number of hydrogen-bond acceptors (Lipinski definition) is 2. The number of halogens is 2. The first-order valence-corrected chi connectivity index (χ1v) is 9.04. The Morgan fingerprint density at radius 3 is 2.54 bits per heavy atom. The van der Waals surface area contributed by atoms with Crippen LogP contribution in [-0.2, 0) is 6.54 Å². The fourth-order valence-electron chi connectivity index (χ4n) is 3.56. The Labute approximate surface area is 166 Å². The van der Waals surface area contributed by atoms with Crippen LogP contribution >= 0.6 is 11.6 Å². The molecule has 0 aliphatic heterocycles. The van der Waals surface area contributed by atoms with Crippen molar-refractivity contribution >= 4 is 34.1 Å². The average molecular weight is 394 g/mol. The van der Waals surface area contributed by atoms with E-state index in [0.29, 0.717) is 33.8 Å². The standard InChI is InChI=1S/C22H17ClFN3O/c23-14-8-9-19-17(11-14)20(16-6-1-2-7-18(16)24)21(22(26)28)27(19)12-13-4-3-5-15(25)10-13/h1-11H,12,25H2,(H2,26,28). The number of amides is 1. The smallest absolute Gasteiger partial charge is 0.266 e. The number of nitrogen functional groups attached to an aromatic ring is 1. The molecule has 3 aromatic carbocycles. The summed E-state index contributed by atoms with van der Waals surface area (Å²) >= 11 is 6.20. The lowest BCUT2D eigenvalue weighted by atomic mass is 10.0. The molecule has 0 aliphatic carbocycles. The maximum atomic E-state index is 14.6. The van der Waals surface area contributed by atoms with E-state index in [9.17, 15) is 9.18 Å². The Morgan fingerprint density at radius 2 is 1.82 bits per heavy atom. The van der Waals surface area contributed by atoms with Crippen LogP contribution < -0.4 is 11.5 Å². The third-order valence-corrected chi connectivity index (χ3v) is 4.93. The van der Waals surface area contributed by atoms with E-state index < -0.39 is 11.7 Å². The van der Waals surface area contributed by atoms with E-state index in [-0.39, 0.29) is 5.69 Å². The van der Waals surface area contributed by atoms with Crippen LogP contribution in [0.15, 0.2) is 66.7 Å². The molecule has 140 valence electrons. The molecular formula is C22H17ClFN3O. The number of carbonyl (C=O) groups is 1. The number of rotatable bonds is 4. The van der Waals surface area contributed by atoms with Gasteiger partial charge in [0.1, 0.15) is 11.5 Å². The molecule has 0 unspecified atom stereocenters. The number of primary amides is 1. The summed E-state index contributed by atoms with van der Waals surface area (Å²) in [6, 6.07) is 18.9. The highest BCUT2D eigenvalue weighted by atomic mass is 35.5. The van der Waals surface area contributed by atoms with Crippen molar-refractivity contribution in [3.8, 4) is 11.1 Å². The van der Waals surface area contributed by atoms with E-state index in [1.807, 2.05) is 18.2 Å². The van der Waals surface area contributed by atoms with Gasteiger partial charge in [-0.3, -0.25) is 4.79 Å². The van der Waals surface area contributed by atoms with E-state index in [2.05, 4.69) is 0 Å². The number of hydrogen-bond donors (Lipinski definition) is 2. The fourth-order valence-corrected chi connectivity index (χ4v) is 3.73. The van der Waals surface area contributed by atoms with Gasteiger partial charge in [-0.15, -0.1) is 0 Å². The summed E-state index contributed by atoms with van der Waals surface area (Å²) in [4.78, 5) is 12.5. The number of fused-ring (bicyclic) bond motifs is 1. The Bertz CT molecular complexity index is 1220. The van der Waals surface area contributed by atoms with Gasteiger partial charge in [-0.05, 0) is 42.0 Å². The first-order chi connectivity index (χ1) is 13.5. The van der Waals surface area contributed by atoms with Crippen molar-refractivity contribution in [3.63, 3.8) is 0 Å². The summed E-state index contributed by atoms with van der Waals surface area (Å²) in [5.41, 5.74) is 14.9. The number of anilines is 1. The van der Waals surface area contributed by atoms with Crippen molar-refractivity contribution in [2.75, 3.05) is 5.73 Å². The van der Waals surface area contributed by atoms with Crippen LogP contribution in [0.3, 0.4) is 0 Å². The summed E-state index contributed by atoms with van der Waals surface area (Å²) in [5.74, 6) is -1.08. The normalized spacial score (nSPS) is 11.1. The average Bonchev–Trinajstić information content (AvgIpc) is 2.95. The lowest BCUT2D eigenvalue weighted by molar-refractivity contribution is 0.0993. The summed E-state index contributed by atoms with van der Waals surface area (Å²) in [7, 11) is 0. The highest BCUT2D eigenvalue weighted by molar-refractivity contribution is 6.31. The maximum absolute atomic E-state index is 14.6. The summed E-state index contributed by atoms with van der Waals surface area (Å²) in [6.45, 7) is 0.357. The maximum Gasteiger partial charge on any atom is 0.266 e. The van der Waals surface area contributed by atoms with Crippen LogP contribution in [0.5, 0.6) is 0 Å². The molecule has 0 spiro atoms. The lowest BCUT2D eigenvalue weighted by Crippen LogP contribution is -2.18. The summed E-state index contributed by atoms with van der Waals surface area (Å²) in [5, 5.41) is 1.15. The minimum absolute atomic E-state index is 0.227. The van der Waals surface area contributed by atoms with Crippen LogP contribution in [0.1, 0.15) is 16.1 Å². The predicted octanol–water partition coefficient (Wildman–Crippen LogP) is 4.83. The Hall–Kier alpha value is -3.31. The molecule has 6 heteroatoms. The lowest BCUT2D eigenvalue weighted by Gasteiger charge is -2.11. The number of aromatic nitrogens is 1. The molecule has 28 heavy (non-hydrogen) atoms. The van der Waals surface area contributed by atoms with Gasteiger partial charge in [0.05, 0.1) is 0 Å². The summed E-state index contributed by atoms with van der Waals surface area (Å²) < 4.78 is 16.4. The number of nitrogens with two attached hydrogens (primary N) is 2. The van der Waals surface area contributed by atoms with Gasteiger partial charge >= 0.3 is 0 Å². The van der Waals surface area contributed by atoms with Gasteiger partial charge in [0.2, 0.25) is 0 Å². The van der Waals surface area contributed by atoms with E-state index in [4.69, 9.17) is 23.1 Å². The largest absolute Gasteiger partial charge is 0.399 e. The van der Waals surface area contributed by atoms with Gasteiger partial charge in [0.25, 0.3) is 5.91 Å². The second kappa shape index (κ2) is 7.02. The number of nitrogens with zero attached hydrogens (tertiary/aromatic N) is 1. The van der Waals surface area contributed by atoms with Gasteiger partial charge in [-0.2, -0.15) is 0 Å². The Morgan fingerprint density at radius 1 is 1.04 bits per heavy atom. The molecule has 1 aromatic heterocycles. The molecule has 0 bridgehead atoms. The van der Waals surface area contributed by atoms with Gasteiger partial charge in [0.15, 0.2) is 0 Å². The predicted molar refractivity (Wildman–Crippen MR) is 111 cm³/mol. The van der Waals surface area contributed by atoms with E-state index >= 15 is 0 Å². The van der Waals surface area contributed by atoms with Crippen LogP contribution in [0, 0.1) is 5.82 Å². The molecule has 1 amide bonds. The fraction of sp³-hybridized carbons (Fsp3) is 0.0455. The molecule has 4 N–H and O–H groups in total. The van der Waals surface area contributed by atoms with Crippen LogP contribution in [0.25, 0.3) is 22.0 Å². The van der Waals surface area contributed by atoms with E-state index in [1.165, 1.54) is 6.07 Å². The van der Waals surface area contributed by atoms with Gasteiger partial charge in [0, 0.05) is 39.3 Å². The first-order valence-electron chi connectivity index (χ1n) is 8.66. The molecule has 1 heterocycles. The zero-order valence-corrected chi connectivity index (χ0v) is 15.6. The topological polar surface area (TPSA) is 74.0 Å². The monoisotopic (exact) mass is 393 g/mol. The van der Waals surface area contributed by atoms with Crippen molar-refractivity contribution < 1.29 is 9.18 Å². The second-order valence-corrected chi connectivity index (χ2v) is 7.00. The number of carbonyl (C=O) groups excluding carboxylic acids is 1. The molecular weight excluding hydrogens is 377 g/mol. The third-order valence-electron chi connectivity index (χ3n) is 4.69. The van der Waals surface area contributed by atoms with Gasteiger partial charge in [-0.25, -0.2) is 4.39 Å². The second-order valence-electron chi connectivity index (χ2n) is 6.56. The van der Waals surface area contributed by atoms with Gasteiger partial charge in [-0.1, -0.05) is 41.9 Å². The Kier molecular flexibility index (Phi) is 4.53. The van der Waals surface area contributed by atoms with Crippen molar-refractivity contribution in [1.29, 1.82) is 0 Å². The van der Waals surface area contributed by atoms with E-state index in [1.54, 1.807) is 47.0 Å². The molecule has 0 fully saturated rings. The van der Waals surface area contributed by atoms with Crippen molar-refractivity contribution in [3.05, 3.63) is 88.8 Å². The quantitative estimate of drug-likeness (QED) is 0.487. The Balaban J connectivity index is 2.06. The molecule has 4 aromatic rings. The number of benzene rings is 3. The molecule has 0 aliphatic rings. The minimum Gasteiger partial charge on any atom is -0.399 e. The highest BCUT2D eigenvalue weighted by Crippen LogP contribution is 2.38. The summed E-state index contributed by atoms with van der Waals surface area (Å²) in [6.07, 6.45) is 0. The molecule has 0 atom stereocenters. The van der Waals surface area contributed by atoms with Crippen molar-refractivity contribution in [2.24, 2.45) is 5.73 Å². The van der Waals surface area contributed by atoms with Crippen LogP contribution in [0.4, 0.5) is 10.1 Å². The third kappa shape index (κ3) is 3.10. The van der Waals surface area contributed by atoms with Gasteiger partial charge < -0.3 is 16.0 Å². The SMILES string of the molecule is NC(=O)c1c(-c2ccccc2F)c2cc(Cl)ccc2n1Cc1cccc(N)c1. The molecule has 0 radical (unpaired) electrons. The van der Waals surface area contributed by atoms with Crippen LogP contribution in [0.2, 0.25) is 5.02 Å².